The molecule has 0 amide bonds. The molecule has 0 saturated heterocycles. The number of rotatable bonds is 7. The van der Waals surface area contributed by atoms with Gasteiger partial charge in [0.25, 0.3) is 0 Å². The van der Waals surface area contributed by atoms with Crippen LogP contribution in [0.1, 0.15) is 25.7 Å². The highest BCUT2D eigenvalue weighted by molar-refractivity contribution is 7.17. The molecule has 0 atom stereocenters. The lowest BCUT2D eigenvalue weighted by Gasteiger charge is -2.06. The number of nitrogens with zero attached hydrogens (tertiary/aromatic N) is 1. The molecule has 2 rings (SSSR count). The summed E-state index contributed by atoms with van der Waals surface area (Å²) in [6.45, 7) is 0.990. The number of fused-ring (bicyclic) bond motifs is 1. The molecule has 0 radical (unpaired) electrons. The number of pyridine rings is 1. The molecule has 0 aliphatic heterocycles. The summed E-state index contributed by atoms with van der Waals surface area (Å²) >= 11 is 7.40. The van der Waals surface area contributed by atoms with Gasteiger partial charge in [-0.3, -0.25) is 0 Å². The normalized spacial score (nSPS) is 10.9. The molecule has 2 nitrogen and oxygen atoms in total. The second kappa shape index (κ2) is 6.82. The average Bonchev–Trinajstić information content (AvgIpc) is 2.82. The molecular formula is C13H17ClN2S. The lowest BCUT2D eigenvalue weighted by Crippen LogP contribution is -2.03. The van der Waals surface area contributed by atoms with Gasteiger partial charge in [0.15, 0.2) is 0 Å². The Morgan fingerprint density at radius 3 is 2.94 bits per heavy atom. The molecule has 2 aromatic heterocycles. The molecule has 0 saturated carbocycles. The van der Waals surface area contributed by atoms with E-state index in [2.05, 4.69) is 27.8 Å². The maximum absolute atomic E-state index is 5.64. The minimum atomic E-state index is 0.781. The molecule has 0 aliphatic rings. The first-order chi connectivity index (χ1) is 8.42. The Morgan fingerprint density at radius 1 is 1.18 bits per heavy atom. The van der Waals surface area contributed by atoms with Gasteiger partial charge in [0, 0.05) is 28.7 Å². The highest BCUT2D eigenvalue weighted by atomic mass is 35.5. The zero-order chi connectivity index (χ0) is 11.9. The smallest absolute Gasteiger partial charge is 0.134 e. The van der Waals surface area contributed by atoms with Gasteiger partial charge in [-0.1, -0.05) is 12.8 Å². The largest absolute Gasteiger partial charge is 0.370 e. The van der Waals surface area contributed by atoms with Crippen molar-refractivity contribution in [1.29, 1.82) is 0 Å². The Morgan fingerprint density at radius 2 is 2.06 bits per heavy atom. The van der Waals surface area contributed by atoms with Gasteiger partial charge in [-0.25, -0.2) is 4.98 Å². The molecule has 0 aliphatic carbocycles. The Balaban J connectivity index is 1.80. The zero-order valence-electron chi connectivity index (χ0n) is 9.79. The summed E-state index contributed by atoms with van der Waals surface area (Å²) in [5, 5.41) is 6.76. The number of alkyl halides is 1. The van der Waals surface area contributed by atoms with Crippen molar-refractivity contribution in [2.24, 2.45) is 0 Å². The van der Waals surface area contributed by atoms with Gasteiger partial charge in [-0.2, -0.15) is 0 Å². The number of halogens is 1. The Labute approximate surface area is 111 Å². The van der Waals surface area contributed by atoms with Crippen molar-refractivity contribution in [3.05, 3.63) is 23.7 Å². The Kier molecular flexibility index (Phi) is 5.08. The molecule has 4 heteroatoms. The summed E-state index contributed by atoms with van der Waals surface area (Å²) in [6.07, 6.45) is 6.63. The van der Waals surface area contributed by atoms with Gasteiger partial charge in [-0.05, 0) is 30.4 Å². The molecular weight excluding hydrogens is 252 g/mol. The van der Waals surface area contributed by atoms with E-state index in [1.165, 1.54) is 29.3 Å². The van der Waals surface area contributed by atoms with Crippen molar-refractivity contribution in [3.63, 3.8) is 0 Å². The number of thiophene rings is 1. The van der Waals surface area contributed by atoms with Crippen LogP contribution in [0.4, 0.5) is 5.82 Å². The maximum Gasteiger partial charge on any atom is 0.134 e. The number of aromatic nitrogens is 1. The fourth-order valence-electron chi connectivity index (χ4n) is 1.82. The SMILES string of the molecule is ClCCCCCCNc1nccc2sccc12. The number of hydrogen-bond donors (Lipinski definition) is 1. The van der Waals surface area contributed by atoms with Crippen LogP contribution in [0, 0.1) is 0 Å². The van der Waals surface area contributed by atoms with Gasteiger partial charge in [0.1, 0.15) is 5.82 Å². The van der Waals surface area contributed by atoms with E-state index in [0.29, 0.717) is 0 Å². The van der Waals surface area contributed by atoms with E-state index >= 15 is 0 Å². The van der Waals surface area contributed by atoms with E-state index in [9.17, 15) is 0 Å². The summed E-state index contributed by atoms with van der Waals surface area (Å²) < 4.78 is 1.30. The highest BCUT2D eigenvalue weighted by Gasteiger charge is 2.01. The van der Waals surface area contributed by atoms with Gasteiger partial charge < -0.3 is 5.32 Å². The number of unbranched alkanes of at least 4 members (excludes halogenated alkanes) is 3. The standard InChI is InChI=1S/C13H17ClN2S/c14-7-3-1-2-4-8-15-13-11-6-10-17-12(11)5-9-16-13/h5-6,9-10H,1-4,7-8H2,(H,15,16). The molecule has 0 bridgehead atoms. The fourth-order valence-corrected chi connectivity index (χ4v) is 2.79. The topological polar surface area (TPSA) is 24.9 Å². The third-order valence-corrected chi connectivity index (χ3v) is 3.88. The number of anilines is 1. The first-order valence-electron chi connectivity index (χ1n) is 6.04. The predicted molar refractivity (Wildman–Crippen MR) is 77.3 cm³/mol. The second-order valence-electron chi connectivity index (χ2n) is 4.02. The van der Waals surface area contributed by atoms with E-state index in [0.717, 1.165) is 24.7 Å². The van der Waals surface area contributed by atoms with E-state index in [1.807, 2.05) is 6.20 Å². The van der Waals surface area contributed by atoms with Crippen molar-refractivity contribution in [2.45, 2.75) is 25.7 Å². The van der Waals surface area contributed by atoms with Crippen LogP contribution in [-0.4, -0.2) is 17.4 Å². The van der Waals surface area contributed by atoms with Crippen molar-refractivity contribution >= 4 is 38.8 Å². The first kappa shape index (κ1) is 12.7. The van der Waals surface area contributed by atoms with E-state index < -0.39 is 0 Å². The van der Waals surface area contributed by atoms with Gasteiger partial charge in [0.2, 0.25) is 0 Å². The summed E-state index contributed by atoms with van der Waals surface area (Å²) in [4.78, 5) is 4.39. The van der Waals surface area contributed by atoms with E-state index in [4.69, 9.17) is 11.6 Å². The van der Waals surface area contributed by atoms with Crippen LogP contribution in [0.5, 0.6) is 0 Å². The lowest BCUT2D eigenvalue weighted by molar-refractivity contribution is 0.687. The number of hydrogen-bond acceptors (Lipinski definition) is 3. The van der Waals surface area contributed by atoms with Crippen molar-refractivity contribution in [1.82, 2.24) is 4.98 Å². The van der Waals surface area contributed by atoms with Crippen LogP contribution in [0.2, 0.25) is 0 Å². The van der Waals surface area contributed by atoms with Crippen molar-refractivity contribution in [2.75, 3.05) is 17.7 Å². The van der Waals surface area contributed by atoms with Crippen LogP contribution in [-0.2, 0) is 0 Å². The summed E-state index contributed by atoms with van der Waals surface area (Å²) in [7, 11) is 0. The molecule has 0 spiro atoms. The zero-order valence-corrected chi connectivity index (χ0v) is 11.4. The predicted octanol–water partition coefficient (Wildman–Crippen LogP) is 4.51. The average molecular weight is 269 g/mol. The monoisotopic (exact) mass is 268 g/mol. The van der Waals surface area contributed by atoms with Crippen LogP contribution >= 0.6 is 22.9 Å². The van der Waals surface area contributed by atoms with Crippen LogP contribution in [0.15, 0.2) is 23.7 Å². The maximum atomic E-state index is 5.64. The molecule has 0 unspecified atom stereocenters. The van der Waals surface area contributed by atoms with E-state index in [1.54, 1.807) is 11.3 Å². The lowest BCUT2D eigenvalue weighted by atomic mass is 10.2. The molecule has 1 N–H and O–H groups in total. The van der Waals surface area contributed by atoms with Crippen molar-refractivity contribution < 1.29 is 0 Å². The minimum Gasteiger partial charge on any atom is -0.370 e. The summed E-state index contributed by atoms with van der Waals surface area (Å²) in [5.41, 5.74) is 0. The van der Waals surface area contributed by atoms with Gasteiger partial charge in [0.05, 0.1) is 0 Å². The van der Waals surface area contributed by atoms with Gasteiger partial charge in [-0.15, -0.1) is 22.9 Å². The molecule has 17 heavy (non-hydrogen) atoms. The summed E-state index contributed by atoms with van der Waals surface area (Å²) in [5.74, 6) is 1.80. The second-order valence-corrected chi connectivity index (χ2v) is 5.35. The fraction of sp³-hybridized carbons (Fsp3) is 0.462. The molecule has 2 aromatic rings. The van der Waals surface area contributed by atoms with Crippen LogP contribution < -0.4 is 5.32 Å². The van der Waals surface area contributed by atoms with Crippen LogP contribution in [0.25, 0.3) is 10.1 Å². The third kappa shape index (κ3) is 3.58. The third-order valence-electron chi connectivity index (χ3n) is 2.73. The molecule has 92 valence electrons. The summed E-state index contributed by atoms with van der Waals surface area (Å²) in [6, 6.07) is 4.19. The molecule has 2 heterocycles. The quantitative estimate of drug-likeness (QED) is 0.590. The molecule has 0 aromatic carbocycles. The van der Waals surface area contributed by atoms with E-state index in [-0.39, 0.29) is 0 Å². The van der Waals surface area contributed by atoms with Crippen LogP contribution in [0.3, 0.4) is 0 Å². The van der Waals surface area contributed by atoms with Gasteiger partial charge >= 0.3 is 0 Å². The minimum absolute atomic E-state index is 0.781. The molecule has 0 fully saturated rings. The number of nitrogens with one attached hydrogen (secondary N) is 1. The van der Waals surface area contributed by atoms with Crippen molar-refractivity contribution in [3.8, 4) is 0 Å². The highest BCUT2D eigenvalue weighted by Crippen LogP contribution is 2.25. The first-order valence-corrected chi connectivity index (χ1v) is 7.45. The Hall–Kier alpha value is -0.800. The Bertz CT molecular complexity index is 455.